The predicted molar refractivity (Wildman–Crippen MR) is 46.4 cm³/mol. The summed E-state index contributed by atoms with van der Waals surface area (Å²) in [5.74, 6) is -0.260. The Hall–Kier alpha value is -0.700. The first-order valence-electron chi connectivity index (χ1n) is 3.12. The molecule has 0 bridgehead atoms. The Morgan fingerprint density at radius 1 is 1.91 bits per heavy atom. The van der Waals surface area contributed by atoms with E-state index in [4.69, 9.17) is 10.8 Å². The molecule has 1 atom stereocenters. The summed E-state index contributed by atoms with van der Waals surface area (Å²) < 4.78 is 0. The van der Waals surface area contributed by atoms with Crippen LogP contribution < -0.4 is 5.73 Å². The van der Waals surface area contributed by atoms with Crippen molar-refractivity contribution in [2.45, 2.75) is 12.5 Å². The third-order valence-corrected chi connectivity index (χ3v) is 1.84. The van der Waals surface area contributed by atoms with Crippen molar-refractivity contribution in [1.29, 1.82) is 0 Å². The molecular formula is C7H11NO2S. The SMILES string of the molecule is C=C=CSCC[C@H](N)C(=O)O. The first-order chi connectivity index (χ1) is 5.18. The Kier molecular flexibility index (Phi) is 5.65. The van der Waals surface area contributed by atoms with Gasteiger partial charge in [-0.1, -0.05) is 6.58 Å². The van der Waals surface area contributed by atoms with Gasteiger partial charge in [-0.2, -0.15) is 0 Å². The lowest BCUT2D eigenvalue weighted by atomic mass is 10.2. The van der Waals surface area contributed by atoms with Gasteiger partial charge in [0.25, 0.3) is 0 Å². The molecule has 0 aliphatic carbocycles. The van der Waals surface area contributed by atoms with Gasteiger partial charge < -0.3 is 10.8 Å². The number of carboxylic acid groups (broad SMARTS) is 1. The van der Waals surface area contributed by atoms with Gasteiger partial charge in [-0.25, -0.2) is 0 Å². The Balaban J connectivity index is 3.38. The normalized spacial score (nSPS) is 11.7. The van der Waals surface area contributed by atoms with E-state index in [0.29, 0.717) is 12.2 Å². The zero-order chi connectivity index (χ0) is 8.69. The van der Waals surface area contributed by atoms with Crippen LogP contribution in [-0.4, -0.2) is 22.9 Å². The van der Waals surface area contributed by atoms with Crippen molar-refractivity contribution >= 4 is 17.7 Å². The van der Waals surface area contributed by atoms with Gasteiger partial charge in [0, 0.05) is 11.2 Å². The summed E-state index contributed by atoms with van der Waals surface area (Å²) in [4.78, 5) is 10.2. The molecule has 0 aromatic heterocycles. The smallest absolute Gasteiger partial charge is 0.320 e. The summed E-state index contributed by atoms with van der Waals surface area (Å²) in [5.41, 5.74) is 7.81. The summed E-state index contributed by atoms with van der Waals surface area (Å²) in [5, 5.41) is 10.1. The molecular weight excluding hydrogens is 162 g/mol. The van der Waals surface area contributed by atoms with Crippen LogP contribution >= 0.6 is 11.8 Å². The quantitative estimate of drug-likeness (QED) is 0.477. The molecule has 3 N–H and O–H groups in total. The highest BCUT2D eigenvalue weighted by molar-refractivity contribution is 8.02. The average Bonchev–Trinajstić information content (AvgIpc) is 1.97. The fraction of sp³-hybridized carbons (Fsp3) is 0.429. The third kappa shape index (κ3) is 5.73. The molecule has 0 unspecified atom stereocenters. The second kappa shape index (κ2) is 6.04. The number of rotatable bonds is 5. The maximum atomic E-state index is 10.2. The Bertz CT molecular complexity index is 175. The van der Waals surface area contributed by atoms with Crippen LogP contribution in [0.2, 0.25) is 0 Å². The van der Waals surface area contributed by atoms with Crippen molar-refractivity contribution in [3.63, 3.8) is 0 Å². The molecule has 0 heterocycles. The second-order valence-corrected chi connectivity index (χ2v) is 2.90. The molecule has 0 radical (unpaired) electrons. The van der Waals surface area contributed by atoms with Crippen LogP contribution in [0.15, 0.2) is 17.7 Å². The van der Waals surface area contributed by atoms with Crippen molar-refractivity contribution in [2.24, 2.45) is 5.73 Å². The Labute approximate surface area is 70.0 Å². The number of hydrogen-bond donors (Lipinski definition) is 2. The van der Waals surface area contributed by atoms with E-state index in [2.05, 4.69) is 12.3 Å². The van der Waals surface area contributed by atoms with Gasteiger partial charge in [0.2, 0.25) is 0 Å². The average molecular weight is 173 g/mol. The van der Waals surface area contributed by atoms with Crippen LogP contribution in [0.25, 0.3) is 0 Å². The highest BCUT2D eigenvalue weighted by Crippen LogP contribution is 2.04. The number of nitrogens with two attached hydrogens (primary N) is 1. The second-order valence-electron chi connectivity index (χ2n) is 1.93. The fourth-order valence-electron chi connectivity index (χ4n) is 0.436. The van der Waals surface area contributed by atoms with Crippen molar-refractivity contribution in [1.82, 2.24) is 0 Å². The molecule has 0 aromatic rings. The van der Waals surface area contributed by atoms with E-state index in [-0.39, 0.29) is 0 Å². The molecule has 62 valence electrons. The minimum absolute atomic E-state index is 0.470. The van der Waals surface area contributed by atoms with Crippen LogP contribution in [0.5, 0.6) is 0 Å². The number of thioether (sulfide) groups is 1. The lowest BCUT2D eigenvalue weighted by Crippen LogP contribution is -2.30. The van der Waals surface area contributed by atoms with Crippen molar-refractivity contribution in [2.75, 3.05) is 5.75 Å². The van der Waals surface area contributed by atoms with E-state index >= 15 is 0 Å². The molecule has 4 heteroatoms. The van der Waals surface area contributed by atoms with Crippen molar-refractivity contribution in [3.8, 4) is 0 Å². The first kappa shape index (κ1) is 10.3. The standard InChI is InChI=1S/C7H11NO2S/c1-2-4-11-5-3-6(8)7(9)10/h4,6H,1,3,5,8H2,(H,9,10)/t6-/m0/s1. The van der Waals surface area contributed by atoms with Gasteiger partial charge in [0.05, 0.1) is 0 Å². The van der Waals surface area contributed by atoms with E-state index in [1.54, 1.807) is 5.41 Å². The number of hydrogen-bond acceptors (Lipinski definition) is 3. The minimum Gasteiger partial charge on any atom is -0.480 e. The third-order valence-electron chi connectivity index (χ3n) is 1.03. The molecule has 0 saturated heterocycles. The monoisotopic (exact) mass is 173 g/mol. The fourth-order valence-corrected chi connectivity index (χ4v) is 1.06. The molecule has 0 rings (SSSR count). The first-order valence-corrected chi connectivity index (χ1v) is 4.17. The van der Waals surface area contributed by atoms with Gasteiger partial charge in [-0.3, -0.25) is 4.79 Å². The molecule has 0 fully saturated rings. The number of carboxylic acids is 1. The highest BCUT2D eigenvalue weighted by atomic mass is 32.2. The van der Waals surface area contributed by atoms with Gasteiger partial charge in [0.1, 0.15) is 6.04 Å². The molecule has 0 spiro atoms. The lowest BCUT2D eigenvalue weighted by Gasteiger charge is -2.02. The molecule has 3 nitrogen and oxygen atoms in total. The van der Waals surface area contributed by atoms with Crippen LogP contribution in [-0.2, 0) is 4.79 Å². The van der Waals surface area contributed by atoms with Gasteiger partial charge in [0.15, 0.2) is 0 Å². The van der Waals surface area contributed by atoms with Gasteiger partial charge in [-0.05, 0) is 6.42 Å². The van der Waals surface area contributed by atoms with Gasteiger partial charge in [-0.15, -0.1) is 17.5 Å². The van der Waals surface area contributed by atoms with Crippen LogP contribution in [0, 0.1) is 0 Å². The van der Waals surface area contributed by atoms with E-state index < -0.39 is 12.0 Å². The predicted octanol–water partition coefficient (Wildman–Crippen LogP) is 0.820. The zero-order valence-corrected chi connectivity index (χ0v) is 6.93. The van der Waals surface area contributed by atoms with Crippen molar-refractivity contribution < 1.29 is 9.90 Å². The van der Waals surface area contributed by atoms with Crippen molar-refractivity contribution in [3.05, 3.63) is 17.7 Å². The molecule has 0 aromatic carbocycles. The Morgan fingerprint density at radius 2 is 2.55 bits per heavy atom. The van der Waals surface area contributed by atoms with E-state index in [1.807, 2.05) is 0 Å². The highest BCUT2D eigenvalue weighted by Gasteiger charge is 2.09. The maximum Gasteiger partial charge on any atom is 0.320 e. The van der Waals surface area contributed by atoms with E-state index in [1.165, 1.54) is 11.8 Å². The molecule has 0 amide bonds. The molecule has 0 aliphatic rings. The van der Waals surface area contributed by atoms with Gasteiger partial charge >= 0.3 is 5.97 Å². The van der Waals surface area contributed by atoms with Crippen LogP contribution in [0.3, 0.4) is 0 Å². The molecule has 11 heavy (non-hydrogen) atoms. The van der Waals surface area contributed by atoms with E-state index in [0.717, 1.165) is 0 Å². The largest absolute Gasteiger partial charge is 0.480 e. The number of aliphatic carboxylic acids is 1. The summed E-state index contributed by atoms with van der Waals surface area (Å²) in [6.07, 6.45) is 0.470. The number of carbonyl (C=O) groups is 1. The van der Waals surface area contributed by atoms with E-state index in [9.17, 15) is 4.79 Å². The summed E-state index contributed by atoms with van der Waals surface area (Å²) in [7, 11) is 0. The van der Waals surface area contributed by atoms with Crippen LogP contribution in [0.4, 0.5) is 0 Å². The molecule has 0 aliphatic heterocycles. The Morgan fingerprint density at radius 3 is 3.00 bits per heavy atom. The maximum absolute atomic E-state index is 10.2. The zero-order valence-electron chi connectivity index (χ0n) is 6.12. The minimum atomic E-state index is -0.951. The molecule has 0 saturated carbocycles. The topological polar surface area (TPSA) is 63.3 Å². The summed E-state index contributed by atoms with van der Waals surface area (Å²) >= 11 is 1.46. The lowest BCUT2D eigenvalue weighted by molar-refractivity contribution is -0.138. The van der Waals surface area contributed by atoms with Crippen LogP contribution in [0.1, 0.15) is 6.42 Å². The summed E-state index contributed by atoms with van der Waals surface area (Å²) in [6, 6.07) is -0.749. The summed E-state index contributed by atoms with van der Waals surface area (Å²) in [6.45, 7) is 3.36.